The summed E-state index contributed by atoms with van der Waals surface area (Å²) in [6.07, 6.45) is 0. The molecule has 0 spiro atoms. The molecule has 146 valence electrons. The van der Waals surface area contributed by atoms with Gasteiger partial charge in [0.15, 0.2) is 12.4 Å². The van der Waals surface area contributed by atoms with Crippen molar-refractivity contribution in [3.63, 3.8) is 0 Å². The molecule has 1 heterocycles. The Hall–Kier alpha value is -3.29. The van der Waals surface area contributed by atoms with Crippen LogP contribution in [0.25, 0.3) is 5.69 Å². The molecule has 28 heavy (non-hydrogen) atoms. The lowest BCUT2D eigenvalue weighted by Crippen LogP contribution is -2.21. The van der Waals surface area contributed by atoms with E-state index in [0.29, 0.717) is 17.3 Å². The number of nitrogens with zero attached hydrogens (tertiary/aromatic N) is 4. The molecule has 0 fully saturated rings. The zero-order chi connectivity index (χ0) is 20.3. The van der Waals surface area contributed by atoms with E-state index in [1.807, 2.05) is 25.1 Å². The van der Waals surface area contributed by atoms with Crippen molar-refractivity contribution in [1.29, 1.82) is 0 Å². The van der Waals surface area contributed by atoms with Gasteiger partial charge in [-0.05, 0) is 65.6 Å². The minimum atomic E-state index is -0.494. The predicted molar refractivity (Wildman–Crippen MR) is 103 cm³/mol. The first-order valence-corrected chi connectivity index (χ1v) is 8.93. The van der Waals surface area contributed by atoms with E-state index >= 15 is 0 Å². The van der Waals surface area contributed by atoms with Crippen LogP contribution in [0.4, 0.5) is 10.1 Å². The van der Waals surface area contributed by atoms with Gasteiger partial charge in [-0.15, -0.1) is 5.10 Å². The SMILES string of the molecule is Cc1ccc(C(C)C)c(OCC(=O)Nc2ccc(F)c(-n3nnnc3C)c2)c1. The van der Waals surface area contributed by atoms with Gasteiger partial charge in [0.05, 0.1) is 0 Å². The van der Waals surface area contributed by atoms with Gasteiger partial charge in [-0.3, -0.25) is 4.79 Å². The molecule has 0 aliphatic rings. The van der Waals surface area contributed by atoms with Crippen LogP contribution in [0.1, 0.15) is 36.7 Å². The van der Waals surface area contributed by atoms with Crippen LogP contribution in [0.5, 0.6) is 5.75 Å². The number of anilines is 1. The van der Waals surface area contributed by atoms with Crippen molar-refractivity contribution in [3.05, 3.63) is 59.2 Å². The average Bonchev–Trinajstić information content (AvgIpc) is 3.07. The number of halogens is 1. The zero-order valence-corrected chi connectivity index (χ0v) is 16.2. The largest absolute Gasteiger partial charge is 0.483 e. The van der Waals surface area contributed by atoms with Gasteiger partial charge in [0.1, 0.15) is 17.3 Å². The zero-order valence-electron chi connectivity index (χ0n) is 16.2. The summed E-state index contributed by atoms with van der Waals surface area (Å²) in [6, 6.07) is 10.1. The lowest BCUT2D eigenvalue weighted by molar-refractivity contribution is -0.118. The number of ether oxygens (including phenoxy) is 1. The van der Waals surface area contributed by atoms with E-state index in [0.717, 1.165) is 11.1 Å². The smallest absolute Gasteiger partial charge is 0.262 e. The van der Waals surface area contributed by atoms with Crippen molar-refractivity contribution < 1.29 is 13.9 Å². The molecule has 3 rings (SSSR count). The summed E-state index contributed by atoms with van der Waals surface area (Å²) in [6.45, 7) is 7.61. The minimum absolute atomic E-state index is 0.153. The second-order valence-electron chi connectivity index (χ2n) is 6.84. The Morgan fingerprint density at radius 3 is 2.68 bits per heavy atom. The summed E-state index contributed by atoms with van der Waals surface area (Å²) in [7, 11) is 0. The highest BCUT2D eigenvalue weighted by molar-refractivity contribution is 5.92. The lowest BCUT2D eigenvalue weighted by Gasteiger charge is -2.15. The van der Waals surface area contributed by atoms with E-state index in [2.05, 4.69) is 34.7 Å². The van der Waals surface area contributed by atoms with Crippen LogP contribution in [0, 0.1) is 19.7 Å². The van der Waals surface area contributed by atoms with Crippen molar-refractivity contribution in [2.45, 2.75) is 33.6 Å². The molecule has 0 radical (unpaired) electrons. The fraction of sp³-hybridized carbons (Fsp3) is 0.300. The van der Waals surface area contributed by atoms with Gasteiger partial charge in [-0.25, -0.2) is 4.39 Å². The summed E-state index contributed by atoms with van der Waals surface area (Å²) in [4.78, 5) is 12.3. The van der Waals surface area contributed by atoms with Crippen molar-refractivity contribution in [2.75, 3.05) is 11.9 Å². The first-order chi connectivity index (χ1) is 13.3. The van der Waals surface area contributed by atoms with Crippen LogP contribution in [0.15, 0.2) is 36.4 Å². The van der Waals surface area contributed by atoms with Crippen LogP contribution in [0.3, 0.4) is 0 Å². The number of tetrazole rings is 1. The topological polar surface area (TPSA) is 81.9 Å². The van der Waals surface area contributed by atoms with E-state index in [1.54, 1.807) is 6.92 Å². The van der Waals surface area contributed by atoms with Gasteiger partial charge in [0, 0.05) is 5.69 Å². The molecule has 0 aliphatic heterocycles. The molecular formula is C20H22FN5O2. The first kappa shape index (κ1) is 19.5. The van der Waals surface area contributed by atoms with Crippen LogP contribution >= 0.6 is 0 Å². The molecular weight excluding hydrogens is 361 g/mol. The number of hydrogen-bond acceptors (Lipinski definition) is 5. The second-order valence-corrected chi connectivity index (χ2v) is 6.84. The number of hydrogen-bond donors (Lipinski definition) is 1. The van der Waals surface area contributed by atoms with Crippen LogP contribution < -0.4 is 10.1 Å². The van der Waals surface area contributed by atoms with Crippen molar-refractivity contribution in [2.24, 2.45) is 0 Å². The maximum Gasteiger partial charge on any atom is 0.262 e. The monoisotopic (exact) mass is 383 g/mol. The number of amides is 1. The summed E-state index contributed by atoms with van der Waals surface area (Å²) in [5, 5.41) is 13.7. The third-order valence-electron chi connectivity index (χ3n) is 4.23. The third kappa shape index (κ3) is 4.33. The molecule has 1 amide bonds. The van der Waals surface area contributed by atoms with E-state index in [4.69, 9.17) is 4.74 Å². The van der Waals surface area contributed by atoms with Crippen molar-refractivity contribution in [1.82, 2.24) is 20.2 Å². The highest BCUT2D eigenvalue weighted by atomic mass is 19.1. The summed E-state index contributed by atoms with van der Waals surface area (Å²) >= 11 is 0. The molecule has 3 aromatic rings. The number of aromatic nitrogens is 4. The molecule has 8 heteroatoms. The van der Waals surface area contributed by atoms with E-state index in [9.17, 15) is 9.18 Å². The number of carbonyl (C=O) groups excluding carboxylic acids is 1. The number of rotatable bonds is 6. The molecule has 1 N–H and O–H groups in total. The van der Waals surface area contributed by atoms with Crippen LogP contribution in [0.2, 0.25) is 0 Å². The number of aryl methyl sites for hydroxylation is 2. The van der Waals surface area contributed by atoms with Gasteiger partial charge in [0.25, 0.3) is 5.91 Å². The van der Waals surface area contributed by atoms with E-state index in [1.165, 1.54) is 22.9 Å². The van der Waals surface area contributed by atoms with Crippen molar-refractivity contribution in [3.8, 4) is 11.4 Å². The predicted octanol–water partition coefficient (Wildman–Crippen LogP) is 3.56. The molecule has 0 saturated carbocycles. The Labute approximate surface area is 162 Å². The molecule has 0 bridgehead atoms. The highest BCUT2D eigenvalue weighted by Gasteiger charge is 2.13. The number of carbonyl (C=O) groups is 1. The molecule has 0 aliphatic carbocycles. The molecule has 0 unspecified atom stereocenters. The van der Waals surface area contributed by atoms with Crippen LogP contribution in [-0.2, 0) is 4.79 Å². The summed E-state index contributed by atoms with van der Waals surface area (Å²) in [5.74, 6) is 0.562. The summed E-state index contributed by atoms with van der Waals surface area (Å²) in [5.41, 5.74) is 2.67. The maximum atomic E-state index is 14.1. The highest BCUT2D eigenvalue weighted by Crippen LogP contribution is 2.27. The molecule has 2 aromatic carbocycles. The standard InChI is InChI=1S/C20H22FN5O2/c1-12(2)16-7-5-13(3)9-19(16)28-11-20(27)22-15-6-8-17(21)18(10-15)26-14(4)23-24-25-26/h5-10,12H,11H2,1-4H3,(H,22,27). The second kappa shape index (κ2) is 8.16. The third-order valence-corrected chi connectivity index (χ3v) is 4.23. The number of benzene rings is 2. The molecule has 0 saturated heterocycles. The lowest BCUT2D eigenvalue weighted by atomic mass is 10.0. The Bertz CT molecular complexity index is 1000. The van der Waals surface area contributed by atoms with Gasteiger partial charge >= 0.3 is 0 Å². The normalized spacial score (nSPS) is 10.9. The number of nitrogens with one attached hydrogen (secondary N) is 1. The van der Waals surface area contributed by atoms with E-state index < -0.39 is 5.82 Å². The fourth-order valence-electron chi connectivity index (χ4n) is 2.79. The van der Waals surface area contributed by atoms with Gasteiger partial charge in [0.2, 0.25) is 0 Å². The first-order valence-electron chi connectivity index (χ1n) is 8.93. The fourth-order valence-corrected chi connectivity index (χ4v) is 2.79. The van der Waals surface area contributed by atoms with Crippen molar-refractivity contribution >= 4 is 11.6 Å². The van der Waals surface area contributed by atoms with Gasteiger partial charge in [-0.2, -0.15) is 4.68 Å². The Morgan fingerprint density at radius 1 is 1.21 bits per heavy atom. The summed E-state index contributed by atoms with van der Waals surface area (Å²) < 4.78 is 21.1. The molecule has 1 aromatic heterocycles. The minimum Gasteiger partial charge on any atom is -0.483 e. The Morgan fingerprint density at radius 2 is 2.00 bits per heavy atom. The quantitative estimate of drug-likeness (QED) is 0.704. The van der Waals surface area contributed by atoms with Crippen LogP contribution in [-0.4, -0.2) is 32.7 Å². The Kier molecular flexibility index (Phi) is 5.67. The van der Waals surface area contributed by atoms with Gasteiger partial charge < -0.3 is 10.1 Å². The maximum absolute atomic E-state index is 14.1. The Balaban J connectivity index is 1.71. The average molecular weight is 383 g/mol. The molecule has 0 atom stereocenters. The van der Waals surface area contributed by atoms with Gasteiger partial charge in [-0.1, -0.05) is 26.0 Å². The molecule has 7 nitrogen and oxygen atoms in total. The van der Waals surface area contributed by atoms with E-state index in [-0.39, 0.29) is 24.1 Å².